The van der Waals surface area contributed by atoms with Crippen LogP contribution in [0.2, 0.25) is 0 Å². The Hall–Kier alpha value is -1.98. The highest BCUT2D eigenvalue weighted by Gasteiger charge is 2.09. The molecular formula is C10H7F3O3. The molecule has 0 aliphatic carbocycles. The quantitative estimate of drug-likeness (QED) is 0.811. The zero-order valence-corrected chi connectivity index (χ0v) is 7.86. The van der Waals surface area contributed by atoms with E-state index in [4.69, 9.17) is 5.11 Å². The summed E-state index contributed by atoms with van der Waals surface area (Å²) in [6, 6.07) is 2.92. The van der Waals surface area contributed by atoms with Crippen LogP contribution in [-0.4, -0.2) is 17.7 Å². The Labute approximate surface area is 88.8 Å². The second-order valence-corrected chi connectivity index (χ2v) is 2.73. The lowest BCUT2D eigenvalue weighted by Gasteiger charge is -2.07. The minimum absolute atomic E-state index is 0.0594. The summed E-state index contributed by atoms with van der Waals surface area (Å²) in [5, 5.41) is 8.35. The summed E-state index contributed by atoms with van der Waals surface area (Å²) in [5.41, 5.74) is 0.0594. The molecule has 0 unspecified atom stereocenters. The topological polar surface area (TPSA) is 46.5 Å². The third-order valence-electron chi connectivity index (χ3n) is 1.60. The lowest BCUT2D eigenvalue weighted by atomic mass is 10.2. The van der Waals surface area contributed by atoms with Crippen LogP contribution in [0.4, 0.5) is 13.2 Å². The second kappa shape index (κ2) is 5.20. The van der Waals surface area contributed by atoms with E-state index < -0.39 is 24.1 Å². The third-order valence-corrected chi connectivity index (χ3v) is 1.60. The molecule has 1 N–H and O–H groups in total. The highest BCUT2D eigenvalue weighted by molar-refractivity contribution is 5.85. The van der Waals surface area contributed by atoms with Crippen LogP contribution >= 0.6 is 0 Å². The molecule has 0 bridgehead atoms. The first kappa shape index (κ1) is 12.1. The first-order valence-electron chi connectivity index (χ1n) is 4.14. The van der Waals surface area contributed by atoms with Crippen LogP contribution in [0.5, 0.6) is 5.75 Å². The van der Waals surface area contributed by atoms with Crippen molar-refractivity contribution in [2.24, 2.45) is 0 Å². The molecule has 0 radical (unpaired) electrons. The molecule has 1 aromatic carbocycles. The standard InChI is InChI=1S/C10H7F3O3/c11-7-3-1-6(2-4-9(14)15)8(5-7)16-10(12)13/h1-5,10H,(H,14,15). The number of halogens is 3. The number of benzene rings is 1. The predicted octanol–water partition coefficient (Wildman–Crippen LogP) is 2.52. The van der Waals surface area contributed by atoms with Gasteiger partial charge in [0.05, 0.1) is 0 Å². The second-order valence-electron chi connectivity index (χ2n) is 2.73. The number of rotatable bonds is 4. The van der Waals surface area contributed by atoms with Crippen LogP contribution in [0, 0.1) is 5.82 Å². The zero-order chi connectivity index (χ0) is 12.1. The minimum atomic E-state index is -3.10. The van der Waals surface area contributed by atoms with Crippen LogP contribution in [0.1, 0.15) is 5.56 Å². The molecule has 0 atom stereocenters. The van der Waals surface area contributed by atoms with Gasteiger partial charge < -0.3 is 9.84 Å². The molecule has 0 saturated heterocycles. The van der Waals surface area contributed by atoms with Crippen molar-refractivity contribution in [3.63, 3.8) is 0 Å². The van der Waals surface area contributed by atoms with E-state index in [1.807, 2.05) is 0 Å². The smallest absolute Gasteiger partial charge is 0.387 e. The summed E-state index contributed by atoms with van der Waals surface area (Å²) >= 11 is 0. The van der Waals surface area contributed by atoms with Crippen molar-refractivity contribution < 1.29 is 27.8 Å². The van der Waals surface area contributed by atoms with Gasteiger partial charge in [-0.1, -0.05) is 0 Å². The lowest BCUT2D eigenvalue weighted by Crippen LogP contribution is -2.03. The highest BCUT2D eigenvalue weighted by atomic mass is 19.3. The normalized spacial score (nSPS) is 11.0. The van der Waals surface area contributed by atoms with Crippen molar-refractivity contribution in [3.8, 4) is 5.75 Å². The van der Waals surface area contributed by atoms with Gasteiger partial charge in [-0.3, -0.25) is 0 Å². The minimum Gasteiger partial charge on any atom is -0.478 e. The van der Waals surface area contributed by atoms with Gasteiger partial charge in [-0.15, -0.1) is 0 Å². The molecule has 3 nitrogen and oxygen atoms in total. The monoisotopic (exact) mass is 232 g/mol. The van der Waals surface area contributed by atoms with E-state index in [1.165, 1.54) is 0 Å². The summed E-state index contributed by atoms with van der Waals surface area (Å²) in [6.45, 7) is -3.10. The first-order chi connectivity index (χ1) is 7.49. The van der Waals surface area contributed by atoms with Crippen LogP contribution in [0.15, 0.2) is 24.3 Å². The third kappa shape index (κ3) is 3.64. The molecule has 0 aliphatic heterocycles. The summed E-state index contributed by atoms with van der Waals surface area (Å²) in [4.78, 5) is 10.2. The Bertz CT molecular complexity index is 416. The largest absolute Gasteiger partial charge is 0.478 e. The Balaban J connectivity index is 3.02. The number of carboxylic acid groups (broad SMARTS) is 1. The van der Waals surface area contributed by atoms with Gasteiger partial charge in [0.1, 0.15) is 11.6 Å². The van der Waals surface area contributed by atoms with Crippen LogP contribution in [-0.2, 0) is 4.79 Å². The Morgan fingerprint density at radius 1 is 1.44 bits per heavy atom. The number of carbonyl (C=O) groups is 1. The van der Waals surface area contributed by atoms with Crippen LogP contribution in [0.25, 0.3) is 6.08 Å². The molecule has 0 fully saturated rings. The lowest BCUT2D eigenvalue weighted by molar-refractivity contribution is -0.131. The molecular weight excluding hydrogens is 225 g/mol. The summed E-state index contributed by atoms with van der Waals surface area (Å²) in [7, 11) is 0. The Morgan fingerprint density at radius 3 is 2.69 bits per heavy atom. The van der Waals surface area contributed by atoms with Crippen LogP contribution < -0.4 is 4.74 Å². The maximum absolute atomic E-state index is 12.7. The predicted molar refractivity (Wildman–Crippen MR) is 49.7 cm³/mol. The molecule has 86 valence electrons. The summed E-state index contributed by atoms with van der Waals surface area (Å²) in [5.74, 6) is -2.40. The van der Waals surface area contributed by atoms with E-state index in [0.717, 1.165) is 30.4 Å². The average molecular weight is 232 g/mol. The van der Waals surface area contributed by atoms with Crippen molar-refractivity contribution in [1.29, 1.82) is 0 Å². The molecule has 16 heavy (non-hydrogen) atoms. The fraction of sp³-hybridized carbons (Fsp3) is 0.100. The number of carboxylic acids is 1. The Kier molecular flexibility index (Phi) is 3.93. The number of hydrogen-bond acceptors (Lipinski definition) is 2. The zero-order valence-electron chi connectivity index (χ0n) is 7.86. The SMILES string of the molecule is O=C(O)C=Cc1ccc(F)cc1OC(F)F. The van der Waals surface area contributed by atoms with Crippen molar-refractivity contribution >= 4 is 12.0 Å². The highest BCUT2D eigenvalue weighted by Crippen LogP contribution is 2.23. The van der Waals surface area contributed by atoms with E-state index in [9.17, 15) is 18.0 Å². The van der Waals surface area contributed by atoms with E-state index >= 15 is 0 Å². The average Bonchev–Trinajstić information content (AvgIpc) is 2.15. The molecule has 0 saturated carbocycles. The molecule has 0 heterocycles. The number of ether oxygens (including phenoxy) is 1. The van der Waals surface area contributed by atoms with E-state index in [1.54, 1.807) is 0 Å². The van der Waals surface area contributed by atoms with Gasteiger partial charge in [-0.2, -0.15) is 8.78 Å². The van der Waals surface area contributed by atoms with Gasteiger partial charge in [0, 0.05) is 17.7 Å². The van der Waals surface area contributed by atoms with Gasteiger partial charge in [-0.25, -0.2) is 9.18 Å². The molecule has 0 amide bonds. The molecule has 1 rings (SSSR count). The number of alkyl halides is 2. The van der Waals surface area contributed by atoms with Gasteiger partial charge >= 0.3 is 12.6 Å². The van der Waals surface area contributed by atoms with E-state index in [2.05, 4.69) is 4.74 Å². The molecule has 0 aliphatic rings. The van der Waals surface area contributed by atoms with Crippen molar-refractivity contribution in [1.82, 2.24) is 0 Å². The van der Waals surface area contributed by atoms with Crippen LogP contribution in [0.3, 0.4) is 0 Å². The Morgan fingerprint density at radius 2 is 2.12 bits per heavy atom. The van der Waals surface area contributed by atoms with Gasteiger partial charge in [0.25, 0.3) is 0 Å². The van der Waals surface area contributed by atoms with Gasteiger partial charge in [0.15, 0.2) is 0 Å². The van der Waals surface area contributed by atoms with Gasteiger partial charge in [-0.05, 0) is 18.2 Å². The molecule has 1 aromatic rings. The van der Waals surface area contributed by atoms with Gasteiger partial charge in [0.2, 0.25) is 0 Å². The summed E-state index contributed by atoms with van der Waals surface area (Å²) in [6.07, 6.45) is 1.78. The van der Waals surface area contributed by atoms with E-state index in [0.29, 0.717) is 0 Å². The van der Waals surface area contributed by atoms with Crippen molar-refractivity contribution in [2.75, 3.05) is 0 Å². The maximum Gasteiger partial charge on any atom is 0.387 e. The fourth-order valence-electron chi connectivity index (χ4n) is 1.01. The number of hydrogen-bond donors (Lipinski definition) is 1. The molecule has 0 aromatic heterocycles. The van der Waals surface area contributed by atoms with Crippen molar-refractivity contribution in [2.45, 2.75) is 6.61 Å². The van der Waals surface area contributed by atoms with Crippen molar-refractivity contribution in [3.05, 3.63) is 35.7 Å². The molecule has 0 spiro atoms. The first-order valence-corrected chi connectivity index (χ1v) is 4.14. The molecule has 6 heteroatoms. The maximum atomic E-state index is 12.7. The van der Waals surface area contributed by atoms with E-state index in [-0.39, 0.29) is 5.56 Å². The number of aliphatic carboxylic acids is 1. The summed E-state index contributed by atoms with van der Waals surface area (Å²) < 4.78 is 40.7. The fourth-order valence-corrected chi connectivity index (χ4v) is 1.01.